The molecule has 1 aliphatic carbocycles. The van der Waals surface area contributed by atoms with Crippen LogP contribution in [0.2, 0.25) is 0 Å². The molecule has 0 atom stereocenters. The van der Waals surface area contributed by atoms with Crippen molar-refractivity contribution in [2.24, 2.45) is 0 Å². The van der Waals surface area contributed by atoms with Crippen LogP contribution in [-0.4, -0.2) is 23.2 Å². The predicted octanol–water partition coefficient (Wildman–Crippen LogP) is 2.83. The van der Waals surface area contributed by atoms with Crippen LogP contribution in [0.5, 0.6) is 5.88 Å². The molecular formula is C14H23N3O. The smallest absolute Gasteiger partial charge is 0.239 e. The zero-order valence-corrected chi connectivity index (χ0v) is 11.7. The summed E-state index contributed by atoms with van der Waals surface area (Å²) >= 11 is 0. The van der Waals surface area contributed by atoms with E-state index >= 15 is 0 Å². The molecule has 1 aromatic heterocycles. The maximum absolute atomic E-state index is 5.92. The predicted molar refractivity (Wildman–Crippen MR) is 75.1 cm³/mol. The fourth-order valence-corrected chi connectivity index (χ4v) is 1.97. The standard InChI is InChI=1S/C14H23N3O/c1-5-17(10-6-7-10)12-9-8-11(15)13(16-12)18-14(2,3)4/h8-10H,5-7,15H2,1-4H3. The third-order valence-electron chi connectivity index (χ3n) is 2.90. The Morgan fingerprint density at radius 2 is 2.06 bits per heavy atom. The van der Waals surface area contributed by atoms with Gasteiger partial charge in [0.15, 0.2) is 0 Å². The van der Waals surface area contributed by atoms with Crippen molar-refractivity contribution in [2.45, 2.75) is 52.2 Å². The summed E-state index contributed by atoms with van der Waals surface area (Å²) in [4.78, 5) is 6.88. The molecule has 1 aromatic rings. The quantitative estimate of drug-likeness (QED) is 0.891. The van der Waals surface area contributed by atoms with E-state index in [1.54, 1.807) is 0 Å². The Morgan fingerprint density at radius 1 is 1.39 bits per heavy atom. The molecule has 1 aliphatic rings. The molecule has 1 heterocycles. The number of aromatic nitrogens is 1. The lowest BCUT2D eigenvalue weighted by Crippen LogP contribution is -2.28. The minimum atomic E-state index is -0.281. The third kappa shape index (κ3) is 3.06. The Balaban J connectivity index is 2.24. The largest absolute Gasteiger partial charge is 0.470 e. The highest BCUT2D eigenvalue weighted by atomic mass is 16.5. The molecule has 1 saturated carbocycles. The molecule has 0 radical (unpaired) electrons. The molecule has 1 fully saturated rings. The van der Waals surface area contributed by atoms with Gasteiger partial charge < -0.3 is 15.4 Å². The molecule has 18 heavy (non-hydrogen) atoms. The summed E-state index contributed by atoms with van der Waals surface area (Å²) in [5.41, 5.74) is 6.24. The average molecular weight is 249 g/mol. The second kappa shape index (κ2) is 4.67. The SMILES string of the molecule is CCN(c1ccc(N)c(OC(C)(C)C)n1)C1CC1. The Morgan fingerprint density at radius 3 is 2.56 bits per heavy atom. The van der Waals surface area contributed by atoms with E-state index in [0.717, 1.165) is 12.4 Å². The highest BCUT2D eigenvalue weighted by Gasteiger charge is 2.29. The number of pyridine rings is 1. The molecule has 0 unspecified atom stereocenters. The zero-order valence-electron chi connectivity index (χ0n) is 11.7. The van der Waals surface area contributed by atoms with E-state index in [4.69, 9.17) is 10.5 Å². The first-order chi connectivity index (χ1) is 8.40. The second-order valence-corrected chi connectivity index (χ2v) is 5.80. The molecule has 100 valence electrons. The minimum absolute atomic E-state index is 0.281. The van der Waals surface area contributed by atoms with E-state index in [-0.39, 0.29) is 5.60 Å². The summed E-state index contributed by atoms with van der Waals surface area (Å²) in [5, 5.41) is 0. The fraction of sp³-hybridized carbons (Fsp3) is 0.643. The fourth-order valence-electron chi connectivity index (χ4n) is 1.97. The number of nitrogens with two attached hydrogens (primary N) is 1. The van der Waals surface area contributed by atoms with Crippen LogP contribution in [0.25, 0.3) is 0 Å². The number of ether oxygens (including phenoxy) is 1. The number of anilines is 2. The lowest BCUT2D eigenvalue weighted by molar-refractivity contribution is 0.125. The van der Waals surface area contributed by atoms with Crippen molar-refractivity contribution in [3.63, 3.8) is 0 Å². The summed E-state index contributed by atoms with van der Waals surface area (Å²) in [6, 6.07) is 4.51. The highest BCUT2D eigenvalue weighted by molar-refractivity contribution is 5.55. The van der Waals surface area contributed by atoms with Gasteiger partial charge in [-0.25, -0.2) is 0 Å². The topological polar surface area (TPSA) is 51.4 Å². The minimum Gasteiger partial charge on any atom is -0.470 e. The van der Waals surface area contributed by atoms with Crippen LogP contribution in [0.3, 0.4) is 0 Å². The number of nitrogen functional groups attached to an aromatic ring is 1. The van der Waals surface area contributed by atoms with Crippen LogP contribution in [0, 0.1) is 0 Å². The van der Waals surface area contributed by atoms with Gasteiger partial charge >= 0.3 is 0 Å². The number of hydrogen-bond acceptors (Lipinski definition) is 4. The first-order valence-electron chi connectivity index (χ1n) is 6.63. The van der Waals surface area contributed by atoms with Crippen molar-refractivity contribution in [1.29, 1.82) is 0 Å². The maximum atomic E-state index is 5.92. The molecule has 0 bridgehead atoms. The van der Waals surface area contributed by atoms with Crippen molar-refractivity contribution in [3.05, 3.63) is 12.1 Å². The Labute approximate surface area is 109 Å². The Hall–Kier alpha value is -1.45. The van der Waals surface area contributed by atoms with Crippen LogP contribution in [-0.2, 0) is 0 Å². The monoisotopic (exact) mass is 249 g/mol. The molecule has 0 aliphatic heterocycles. The molecule has 4 nitrogen and oxygen atoms in total. The molecule has 0 amide bonds. The van der Waals surface area contributed by atoms with Crippen LogP contribution >= 0.6 is 0 Å². The number of hydrogen-bond donors (Lipinski definition) is 1. The van der Waals surface area contributed by atoms with Gasteiger partial charge in [0.05, 0.1) is 5.69 Å². The van der Waals surface area contributed by atoms with Gasteiger partial charge in [0, 0.05) is 12.6 Å². The van der Waals surface area contributed by atoms with Crippen molar-refractivity contribution in [1.82, 2.24) is 4.98 Å². The average Bonchev–Trinajstić information content (AvgIpc) is 3.06. The third-order valence-corrected chi connectivity index (χ3v) is 2.90. The lowest BCUT2D eigenvalue weighted by atomic mass is 10.2. The normalized spacial score (nSPS) is 15.6. The molecule has 0 spiro atoms. The first-order valence-corrected chi connectivity index (χ1v) is 6.63. The Bertz CT molecular complexity index is 422. The summed E-state index contributed by atoms with van der Waals surface area (Å²) in [7, 11) is 0. The van der Waals surface area contributed by atoms with Crippen LogP contribution in [0.1, 0.15) is 40.5 Å². The molecule has 2 N–H and O–H groups in total. The van der Waals surface area contributed by atoms with E-state index in [2.05, 4.69) is 16.8 Å². The van der Waals surface area contributed by atoms with E-state index in [1.807, 2.05) is 32.9 Å². The molecule has 0 saturated heterocycles. The molecule has 0 aromatic carbocycles. The molecule has 4 heteroatoms. The molecular weight excluding hydrogens is 226 g/mol. The van der Waals surface area contributed by atoms with Gasteiger partial charge in [0.2, 0.25) is 5.88 Å². The van der Waals surface area contributed by atoms with Crippen LogP contribution in [0.15, 0.2) is 12.1 Å². The van der Waals surface area contributed by atoms with E-state index in [1.165, 1.54) is 12.8 Å². The van der Waals surface area contributed by atoms with Gasteiger partial charge in [-0.15, -0.1) is 0 Å². The summed E-state index contributed by atoms with van der Waals surface area (Å²) in [6.45, 7) is 9.12. The van der Waals surface area contributed by atoms with Crippen molar-refractivity contribution < 1.29 is 4.74 Å². The van der Waals surface area contributed by atoms with E-state index in [9.17, 15) is 0 Å². The number of nitrogens with zero attached hydrogens (tertiary/aromatic N) is 2. The summed E-state index contributed by atoms with van der Waals surface area (Å²) in [6.07, 6.45) is 2.52. The van der Waals surface area contributed by atoms with Crippen molar-refractivity contribution in [3.8, 4) is 5.88 Å². The second-order valence-electron chi connectivity index (χ2n) is 5.80. The van der Waals surface area contributed by atoms with Crippen molar-refractivity contribution >= 4 is 11.5 Å². The van der Waals surface area contributed by atoms with Gasteiger partial charge in [-0.1, -0.05) is 0 Å². The van der Waals surface area contributed by atoms with Crippen molar-refractivity contribution in [2.75, 3.05) is 17.2 Å². The molecule has 2 rings (SSSR count). The first kappa shape index (κ1) is 13.0. The van der Waals surface area contributed by atoms with Crippen LogP contribution in [0.4, 0.5) is 11.5 Å². The lowest BCUT2D eigenvalue weighted by Gasteiger charge is -2.25. The van der Waals surface area contributed by atoms with Gasteiger partial charge in [0.25, 0.3) is 0 Å². The van der Waals surface area contributed by atoms with Gasteiger partial charge in [-0.3, -0.25) is 0 Å². The highest BCUT2D eigenvalue weighted by Crippen LogP contribution is 2.33. The van der Waals surface area contributed by atoms with Gasteiger partial charge in [0.1, 0.15) is 11.4 Å². The number of rotatable bonds is 4. The van der Waals surface area contributed by atoms with Crippen LogP contribution < -0.4 is 15.4 Å². The van der Waals surface area contributed by atoms with Gasteiger partial charge in [-0.2, -0.15) is 4.98 Å². The maximum Gasteiger partial charge on any atom is 0.239 e. The van der Waals surface area contributed by atoms with Gasteiger partial charge in [-0.05, 0) is 52.7 Å². The van der Waals surface area contributed by atoms with E-state index < -0.39 is 0 Å². The zero-order chi connectivity index (χ0) is 13.3. The summed E-state index contributed by atoms with van der Waals surface area (Å²) < 4.78 is 5.81. The Kier molecular flexibility index (Phi) is 3.37. The summed E-state index contributed by atoms with van der Waals surface area (Å²) in [5.74, 6) is 1.51. The van der Waals surface area contributed by atoms with E-state index in [0.29, 0.717) is 17.6 Å².